The molecule has 3 fully saturated rings. The number of hydrogen-bond donors (Lipinski definition) is 0. The van der Waals surface area contributed by atoms with E-state index in [-0.39, 0.29) is 0 Å². The van der Waals surface area contributed by atoms with E-state index in [9.17, 15) is 4.79 Å². The fraction of sp³-hybridized carbons (Fsp3) is 0.800. The van der Waals surface area contributed by atoms with E-state index >= 15 is 0 Å². The van der Waals surface area contributed by atoms with Gasteiger partial charge in [0, 0.05) is 37.8 Å². The first-order valence-corrected chi connectivity index (χ1v) is 7.52. The van der Waals surface area contributed by atoms with Crippen LogP contribution in [0.5, 0.6) is 0 Å². The highest BCUT2D eigenvalue weighted by Gasteiger charge is 2.46. The van der Waals surface area contributed by atoms with E-state index in [0.717, 1.165) is 24.3 Å². The van der Waals surface area contributed by atoms with Gasteiger partial charge in [0.15, 0.2) is 5.78 Å². The van der Waals surface area contributed by atoms with Crippen molar-refractivity contribution in [1.82, 2.24) is 9.80 Å². The van der Waals surface area contributed by atoms with Gasteiger partial charge in [-0.2, -0.15) is 0 Å². The highest BCUT2D eigenvalue weighted by molar-refractivity contribution is 5.90. The van der Waals surface area contributed by atoms with Crippen molar-refractivity contribution in [3.63, 3.8) is 0 Å². The fourth-order valence-electron chi connectivity index (χ4n) is 4.76. The highest BCUT2D eigenvalue weighted by Crippen LogP contribution is 2.41. The van der Waals surface area contributed by atoms with E-state index in [1.165, 1.54) is 45.3 Å². The van der Waals surface area contributed by atoms with Gasteiger partial charge in [-0.15, -0.1) is 0 Å². The quantitative estimate of drug-likeness (QED) is 0.649. The van der Waals surface area contributed by atoms with Gasteiger partial charge in [-0.25, -0.2) is 0 Å². The van der Waals surface area contributed by atoms with Crippen LogP contribution in [0, 0.1) is 11.8 Å². The van der Waals surface area contributed by atoms with Gasteiger partial charge >= 0.3 is 0 Å². The minimum absolute atomic E-state index is 0.329. The SMILES string of the molecule is O=C1C=CN2C[C@H]3C[C@@H](CN4CCCC[C@@H]34)[C@H]2C1. The predicted octanol–water partition coefficient (Wildman–Crippen LogP) is 1.65. The monoisotopic (exact) mass is 246 g/mol. The Morgan fingerprint density at radius 1 is 1.11 bits per heavy atom. The summed E-state index contributed by atoms with van der Waals surface area (Å²) in [6.07, 6.45) is 10.2. The van der Waals surface area contributed by atoms with Crippen LogP contribution >= 0.6 is 0 Å². The van der Waals surface area contributed by atoms with Gasteiger partial charge in [-0.1, -0.05) is 6.42 Å². The Morgan fingerprint density at radius 2 is 2.00 bits per heavy atom. The summed E-state index contributed by atoms with van der Waals surface area (Å²) in [7, 11) is 0. The average molecular weight is 246 g/mol. The first-order chi connectivity index (χ1) is 8.81. The number of rotatable bonds is 0. The zero-order valence-electron chi connectivity index (χ0n) is 10.9. The molecular weight excluding hydrogens is 224 g/mol. The number of piperidine rings is 3. The predicted molar refractivity (Wildman–Crippen MR) is 70.1 cm³/mol. The van der Waals surface area contributed by atoms with Crippen LogP contribution < -0.4 is 0 Å². The summed E-state index contributed by atoms with van der Waals surface area (Å²) < 4.78 is 0. The second-order valence-electron chi connectivity index (χ2n) is 6.56. The Bertz CT molecular complexity index is 392. The highest BCUT2D eigenvalue weighted by atomic mass is 16.1. The van der Waals surface area contributed by atoms with E-state index in [1.54, 1.807) is 6.08 Å². The van der Waals surface area contributed by atoms with Gasteiger partial charge in [0.05, 0.1) is 0 Å². The smallest absolute Gasteiger partial charge is 0.159 e. The topological polar surface area (TPSA) is 23.6 Å². The third-order valence-electron chi connectivity index (χ3n) is 5.56. The molecule has 0 spiro atoms. The van der Waals surface area contributed by atoms with Crippen molar-refractivity contribution in [3.05, 3.63) is 12.3 Å². The Morgan fingerprint density at radius 3 is 2.94 bits per heavy atom. The summed E-state index contributed by atoms with van der Waals surface area (Å²) >= 11 is 0. The summed E-state index contributed by atoms with van der Waals surface area (Å²) in [5, 5.41) is 0. The van der Waals surface area contributed by atoms with E-state index in [2.05, 4.69) is 16.0 Å². The average Bonchev–Trinajstić information content (AvgIpc) is 2.40. The molecule has 18 heavy (non-hydrogen) atoms. The molecule has 0 unspecified atom stereocenters. The normalized spacial score (nSPS) is 43.6. The molecule has 0 N–H and O–H groups in total. The second kappa shape index (κ2) is 4.09. The molecule has 4 rings (SSSR count). The lowest BCUT2D eigenvalue weighted by Gasteiger charge is -2.56. The summed E-state index contributed by atoms with van der Waals surface area (Å²) in [5.74, 6) is 1.90. The minimum atomic E-state index is 0.329. The molecule has 4 atom stereocenters. The second-order valence-corrected chi connectivity index (χ2v) is 6.56. The number of carbonyl (C=O) groups excluding carboxylic acids is 1. The molecular formula is C15H22N2O. The molecule has 0 aliphatic carbocycles. The first-order valence-electron chi connectivity index (χ1n) is 7.52. The molecule has 0 amide bonds. The van der Waals surface area contributed by atoms with Crippen LogP contribution in [0.15, 0.2) is 12.3 Å². The van der Waals surface area contributed by atoms with Gasteiger partial charge in [-0.3, -0.25) is 9.69 Å². The standard InChI is InChI=1S/C15H22N2O/c18-13-4-6-17-9-11-7-12(15(17)8-13)10-16-5-2-1-3-14(11)16/h4,6,11-12,14-15H,1-3,5,7-10H2/t11-,12+,14+,15-/m1/s1. The van der Waals surface area contributed by atoms with Crippen molar-refractivity contribution < 1.29 is 4.79 Å². The molecule has 4 aliphatic heterocycles. The number of allylic oxidation sites excluding steroid dienone is 1. The maximum atomic E-state index is 11.6. The molecule has 3 heteroatoms. The Labute approximate surface area is 109 Å². The van der Waals surface area contributed by atoms with Crippen molar-refractivity contribution in [2.24, 2.45) is 11.8 Å². The zero-order valence-corrected chi connectivity index (χ0v) is 10.9. The molecule has 0 aromatic rings. The van der Waals surface area contributed by atoms with Crippen LogP contribution in [0.3, 0.4) is 0 Å². The van der Waals surface area contributed by atoms with E-state index in [1.807, 2.05) is 0 Å². The van der Waals surface area contributed by atoms with Crippen LogP contribution in [-0.4, -0.2) is 47.3 Å². The number of fused-ring (bicyclic) bond motifs is 6. The molecule has 0 aromatic carbocycles. The zero-order chi connectivity index (χ0) is 12.1. The lowest BCUT2D eigenvalue weighted by atomic mass is 9.71. The van der Waals surface area contributed by atoms with Gasteiger partial charge in [0.25, 0.3) is 0 Å². The number of nitrogens with zero attached hydrogens (tertiary/aromatic N) is 2. The van der Waals surface area contributed by atoms with Crippen molar-refractivity contribution in [2.75, 3.05) is 19.6 Å². The molecule has 3 nitrogen and oxygen atoms in total. The van der Waals surface area contributed by atoms with Gasteiger partial charge in [0.1, 0.15) is 0 Å². The third-order valence-corrected chi connectivity index (χ3v) is 5.56. The molecule has 2 bridgehead atoms. The first kappa shape index (κ1) is 11.0. The van der Waals surface area contributed by atoms with Crippen LogP contribution in [-0.2, 0) is 4.79 Å². The van der Waals surface area contributed by atoms with Crippen LogP contribution in [0.25, 0.3) is 0 Å². The maximum absolute atomic E-state index is 11.6. The number of ketones is 1. The number of carbonyl (C=O) groups is 1. The Kier molecular flexibility index (Phi) is 2.51. The van der Waals surface area contributed by atoms with E-state index in [0.29, 0.717) is 11.8 Å². The molecule has 3 saturated heterocycles. The van der Waals surface area contributed by atoms with Crippen molar-refractivity contribution in [1.29, 1.82) is 0 Å². The van der Waals surface area contributed by atoms with Crippen LogP contribution in [0.4, 0.5) is 0 Å². The molecule has 0 saturated carbocycles. The molecule has 4 aliphatic rings. The van der Waals surface area contributed by atoms with E-state index in [4.69, 9.17) is 0 Å². The lowest BCUT2D eigenvalue weighted by Crippen LogP contribution is -2.62. The number of hydrogen-bond acceptors (Lipinski definition) is 3. The largest absolute Gasteiger partial charge is 0.373 e. The van der Waals surface area contributed by atoms with E-state index < -0.39 is 0 Å². The summed E-state index contributed by atoms with van der Waals surface area (Å²) in [4.78, 5) is 16.9. The van der Waals surface area contributed by atoms with Crippen LogP contribution in [0.1, 0.15) is 32.1 Å². The molecule has 0 aromatic heterocycles. The van der Waals surface area contributed by atoms with Crippen molar-refractivity contribution >= 4 is 5.78 Å². The third kappa shape index (κ3) is 1.63. The van der Waals surface area contributed by atoms with Crippen molar-refractivity contribution in [3.8, 4) is 0 Å². The summed E-state index contributed by atoms with van der Waals surface area (Å²) in [6.45, 7) is 3.73. The Hall–Kier alpha value is -0.830. The minimum Gasteiger partial charge on any atom is -0.373 e. The van der Waals surface area contributed by atoms with Crippen LogP contribution in [0.2, 0.25) is 0 Å². The Balaban J connectivity index is 1.60. The summed E-state index contributed by atoms with van der Waals surface area (Å²) in [6, 6.07) is 1.34. The summed E-state index contributed by atoms with van der Waals surface area (Å²) in [5.41, 5.74) is 0. The molecule has 98 valence electrons. The van der Waals surface area contributed by atoms with Gasteiger partial charge in [-0.05, 0) is 43.7 Å². The van der Waals surface area contributed by atoms with Crippen molar-refractivity contribution in [2.45, 2.75) is 44.2 Å². The lowest BCUT2D eigenvalue weighted by molar-refractivity contribution is -0.119. The molecule has 4 heterocycles. The van der Waals surface area contributed by atoms with Gasteiger partial charge < -0.3 is 4.90 Å². The fourth-order valence-corrected chi connectivity index (χ4v) is 4.76. The maximum Gasteiger partial charge on any atom is 0.159 e. The van der Waals surface area contributed by atoms with Gasteiger partial charge in [0.2, 0.25) is 0 Å². The molecule has 0 radical (unpaired) electrons.